The molecule has 0 aromatic heterocycles. The highest BCUT2D eigenvalue weighted by Crippen LogP contribution is 2.21. The zero-order chi connectivity index (χ0) is 12.8. The van der Waals surface area contributed by atoms with Crippen LogP contribution in [0.5, 0.6) is 0 Å². The Bertz CT molecular complexity index is 365. The zero-order valence-electron chi connectivity index (χ0n) is 11.6. The minimum Gasteiger partial charge on any atom is -0.320 e. The highest BCUT2D eigenvalue weighted by Gasteiger charge is 2.18. The molecule has 2 rings (SSSR count). The summed E-state index contributed by atoms with van der Waals surface area (Å²) < 4.78 is 13.1. The van der Waals surface area contributed by atoms with E-state index in [1.165, 1.54) is 25.3 Å². The van der Waals surface area contributed by atoms with Crippen LogP contribution in [0.4, 0.5) is 4.39 Å². The minimum atomic E-state index is -0.128. The molecule has 1 N–H and O–H groups in total. The third-order valence-corrected chi connectivity index (χ3v) is 3.80. The Balaban J connectivity index is 0.00000180. The Labute approximate surface area is 121 Å². The van der Waals surface area contributed by atoms with E-state index in [0.29, 0.717) is 0 Å². The molecule has 1 aromatic rings. The lowest BCUT2D eigenvalue weighted by Gasteiger charge is -2.32. The number of hydrogen-bond acceptors (Lipinski definition) is 2. The lowest BCUT2D eigenvalue weighted by Crippen LogP contribution is -2.34. The summed E-state index contributed by atoms with van der Waals surface area (Å²) in [5, 5.41) is 3.22. The van der Waals surface area contributed by atoms with Gasteiger partial charge in [-0.2, -0.15) is 0 Å². The third kappa shape index (κ3) is 5.47. The number of rotatable bonds is 5. The molecule has 19 heavy (non-hydrogen) atoms. The number of piperidine rings is 1. The van der Waals surface area contributed by atoms with E-state index in [4.69, 9.17) is 0 Å². The molecule has 0 atom stereocenters. The van der Waals surface area contributed by atoms with Gasteiger partial charge < -0.3 is 5.32 Å². The molecule has 0 radical (unpaired) electrons. The normalized spacial score (nSPS) is 17.2. The number of likely N-dealkylation sites (tertiary alicyclic amines) is 1. The molecule has 1 aliphatic heterocycles. The van der Waals surface area contributed by atoms with Gasteiger partial charge in [-0.1, -0.05) is 12.1 Å². The molecule has 108 valence electrons. The second kappa shape index (κ2) is 8.51. The first kappa shape index (κ1) is 16.4. The van der Waals surface area contributed by atoms with Gasteiger partial charge in [0.2, 0.25) is 0 Å². The van der Waals surface area contributed by atoms with Crippen molar-refractivity contribution in [1.82, 2.24) is 10.2 Å². The molecule has 0 spiro atoms. The van der Waals surface area contributed by atoms with Gasteiger partial charge in [-0.3, -0.25) is 4.90 Å². The summed E-state index contributed by atoms with van der Waals surface area (Å²) in [6.07, 6.45) is 3.83. The van der Waals surface area contributed by atoms with Crippen molar-refractivity contribution in [3.63, 3.8) is 0 Å². The fourth-order valence-electron chi connectivity index (χ4n) is 2.68. The van der Waals surface area contributed by atoms with E-state index >= 15 is 0 Å². The molecule has 1 aliphatic rings. The molecule has 0 bridgehead atoms. The van der Waals surface area contributed by atoms with Crippen molar-refractivity contribution < 1.29 is 4.39 Å². The Hall–Kier alpha value is -0.640. The molecule has 0 aliphatic carbocycles. The Morgan fingerprint density at radius 1 is 1.32 bits per heavy atom. The summed E-state index contributed by atoms with van der Waals surface area (Å²) in [4.78, 5) is 2.44. The second-order valence-corrected chi connectivity index (χ2v) is 5.24. The number of nitrogens with zero attached hydrogens (tertiary/aromatic N) is 1. The molecule has 0 amide bonds. The van der Waals surface area contributed by atoms with Crippen molar-refractivity contribution >= 4 is 12.4 Å². The maximum atomic E-state index is 13.1. The predicted octanol–water partition coefficient (Wildman–Crippen LogP) is 3.07. The SMILES string of the molecule is CNCCC1CCN(Cc2cccc(F)c2)CC1.Cl. The first-order chi connectivity index (χ1) is 8.78. The maximum Gasteiger partial charge on any atom is 0.123 e. The monoisotopic (exact) mass is 286 g/mol. The van der Waals surface area contributed by atoms with Gasteiger partial charge >= 0.3 is 0 Å². The number of hydrogen-bond donors (Lipinski definition) is 1. The summed E-state index contributed by atoms with van der Waals surface area (Å²) in [6.45, 7) is 4.29. The van der Waals surface area contributed by atoms with Gasteiger partial charge in [0, 0.05) is 6.54 Å². The van der Waals surface area contributed by atoms with Crippen molar-refractivity contribution in [3.05, 3.63) is 35.6 Å². The van der Waals surface area contributed by atoms with Crippen molar-refractivity contribution in [1.29, 1.82) is 0 Å². The van der Waals surface area contributed by atoms with Crippen LogP contribution in [0.25, 0.3) is 0 Å². The minimum absolute atomic E-state index is 0. The van der Waals surface area contributed by atoms with Crippen LogP contribution in [0.15, 0.2) is 24.3 Å². The van der Waals surface area contributed by atoms with Gasteiger partial charge in [-0.05, 0) is 69.6 Å². The van der Waals surface area contributed by atoms with Crippen LogP contribution < -0.4 is 5.32 Å². The van der Waals surface area contributed by atoms with Gasteiger partial charge in [0.15, 0.2) is 0 Å². The lowest BCUT2D eigenvalue weighted by molar-refractivity contribution is 0.172. The molecule has 0 saturated carbocycles. The third-order valence-electron chi connectivity index (χ3n) is 3.80. The van der Waals surface area contributed by atoms with Crippen LogP contribution in [0.1, 0.15) is 24.8 Å². The fraction of sp³-hybridized carbons (Fsp3) is 0.600. The van der Waals surface area contributed by atoms with E-state index in [1.54, 1.807) is 12.1 Å². The Kier molecular flexibility index (Phi) is 7.36. The summed E-state index contributed by atoms with van der Waals surface area (Å²) in [7, 11) is 2.01. The molecule has 1 fully saturated rings. The van der Waals surface area contributed by atoms with E-state index in [-0.39, 0.29) is 18.2 Å². The molecule has 1 aromatic carbocycles. The van der Waals surface area contributed by atoms with E-state index in [2.05, 4.69) is 10.2 Å². The smallest absolute Gasteiger partial charge is 0.123 e. The van der Waals surface area contributed by atoms with Crippen molar-refractivity contribution in [2.24, 2.45) is 5.92 Å². The highest BCUT2D eigenvalue weighted by molar-refractivity contribution is 5.85. The summed E-state index contributed by atoms with van der Waals surface area (Å²) in [5.74, 6) is 0.734. The van der Waals surface area contributed by atoms with Crippen molar-refractivity contribution in [3.8, 4) is 0 Å². The van der Waals surface area contributed by atoms with E-state index < -0.39 is 0 Å². The van der Waals surface area contributed by atoms with Gasteiger partial charge in [0.25, 0.3) is 0 Å². The number of halogens is 2. The first-order valence-corrected chi connectivity index (χ1v) is 6.89. The van der Waals surface area contributed by atoms with Gasteiger partial charge in [0.05, 0.1) is 0 Å². The van der Waals surface area contributed by atoms with Crippen LogP contribution >= 0.6 is 12.4 Å². The maximum absolute atomic E-state index is 13.1. The Morgan fingerprint density at radius 3 is 2.68 bits per heavy atom. The first-order valence-electron chi connectivity index (χ1n) is 6.89. The van der Waals surface area contributed by atoms with E-state index in [9.17, 15) is 4.39 Å². The Morgan fingerprint density at radius 2 is 2.05 bits per heavy atom. The molecular formula is C15H24ClFN2. The highest BCUT2D eigenvalue weighted by atomic mass is 35.5. The van der Waals surface area contributed by atoms with Crippen LogP contribution in [0, 0.1) is 11.7 Å². The van der Waals surface area contributed by atoms with Crippen LogP contribution in [-0.2, 0) is 6.54 Å². The molecule has 1 heterocycles. The molecule has 0 unspecified atom stereocenters. The van der Waals surface area contributed by atoms with Gasteiger partial charge in [0.1, 0.15) is 5.82 Å². The van der Waals surface area contributed by atoms with Crippen LogP contribution in [0.3, 0.4) is 0 Å². The van der Waals surface area contributed by atoms with Crippen molar-refractivity contribution in [2.75, 3.05) is 26.7 Å². The molecule has 4 heteroatoms. The lowest BCUT2D eigenvalue weighted by atomic mass is 9.93. The second-order valence-electron chi connectivity index (χ2n) is 5.24. The predicted molar refractivity (Wildman–Crippen MR) is 80.2 cm³/mol. The van der Waals surface area contributed by atoms with Gasteiger partial charge in [-0.15, -0.1) is 12.4 Å². The van der Waals surface area contributed by atoms with Crippen molar-refractivity contribution in [2.45, 2.75) is 25.8 Å². The molecule has 2 nitrogen and oxygen atoms in total. The van der Waals surface area contributed by atoms with Crippen LogP contribution in [-0.4, -0.2) is 31.6 Å². The summed E-state index contributed by atoms with van der Waals surface area (Å²) >= 11 is 0. The van der Waals surface area contributed by atoms with Crippen LogP contribution in [0.2, 0.25) is 0 Å². The number of benzene rings is 1. The summed E-state index contributed by atoms with van der Waals surface area (Å²) in [6, 6.07) is 6.96. The molecular weight excluding hydrogens is 263 g/mol. The van der Waals surface area contributed by atoms with E-state index in [1.807, 2.05) is 13.1 Å². The van der Waals surface area contributed by atoms with Gasteiger partial charge in [-0.25, -0.2) is 4.39 Å². The fourth-order valence-corrected chi connectivity index (χ4v) is 2.68. The number of nitrogens with one attached hydrogen (secondary N) is 1. The topological polar surface area (TPSA) is 15.3 Å². The largest absolute Gasteiger partial charge is 0.320 e. The quantitative estimate of drug-likeness (QED) is 0.895. The standard InChI is InChI=1S/C15H23FN2.ClH/c1-17-8-5-13-6-9-18(10-7-13)12-14-3-2-4-15(16)11-14;/h2-4,11,13,17H,5-10,12H2,1H3;1H. The summed E-state index contributed by atoms with van der Waals surface area (Å²) in [5.41, 5.74) is 1.09. The van der Waals surface area contributed by atoms with E-state index in [0.717, 1.165) is 37.7 Å². The zero-order valence-corrected chi connectivity index (χ0v) is 12.4. The molecule has 1 saturated heterocycles. The average Bonchev–Trinajstić information content (AvgIpc) is 2.38. The average molecular weight is 287 g/mol.